The summed E-state index contributed by atoms with van der Waals surface area (Å²) >= 11 is 2.08. The fraction of sp³-hybridized carbons (Fsp3) is 0.250. The first-order chi connectivity index (χ1) is 9.90. The van der Waals surface area contributed by atoms with Crippen LogP contribution < -0.4 is 0 Å². The Labute approximate surface area is 126 Å². The predicted molar refractivity (Wildman–Crippen MR) is 73.1 cm³/mol. The van der Waals surface area contributed by atoms with E-state index in [1.807, 2.05) is 0 Å². The molecule has 0 unspecified atom stereocenters. The van der Waals surface area contributed by atoms with E-state index in [-0.39, 0.29) is 16.6 Å². The molecule has 0 saturated heterocycles. The topological polar surface area (TPSA) is 52.1 Å². The van der Waals surface area contributed by atoms with Gasteiger partial charge in [0.1, 0.15) is 5.69 Å². The van der Waals surface area contributed by atoms with Gasteiger partial charge in [0.2, 0.25) is 0 Å². The lowest BCUT2D eigenvalue weighted by molar-refractivity contribution is -0.141. The summed E-state index contributed by atoms with van der Waals surface area (Å²) in [7, 11) is 1.20. The quantitative estimate of drug-likeness (QED) is 0.487. The highest BCUT2D eigenvalue weighted by molar-refractivity contribution is 7.99. The molecule has 0 atom stereocenters. The van der Waals surface area contributed by atoms with Crippen molar-refractivity contribution < 1.29 is 22.7 Å². The third-order valence-corrected chi connectivity index (χ3v) is 4.03. The molecule has 0 amide bonds. The van der Waals surface area contributed by atoms with Gasteiger partial charge in [0, 0.05) is 0 Å². The average Bonchev–Trinajstić information content (AvgIpc) is 2.97. The standard InChI is InChI=1S/C12H9F3N2O2S2/c1-19-10(18)6-21-11-16-7(8-3-2-4-20-8)5-9(17-11)12(13,14)15/h2-5H,6H2,1H3. The number of alkyl halides is 3. The molecule has 0 aliphatic heterocycles. The van der Waals surface area contributed by atoms with Crippen molar-refractivity contribution in [2.45, 2.75) is 11.3 Å². The Kier molecular flexibility index (Phi) is 4.84. The van der Waals surface area contributed by atoms with Gasteiger partial charge in [-0.2, -0.15) is 13.2 Å². The molecule has 0 aromatic carbocycles. The Morgan fingerprint density at radius 1 is 1.43 bits per heavy atom. The number of halogens is 3. The van der Waals surface area contributed by atoms with Crippen molar-refractivity contribution in [1.29, 1.82) is 0 Å². The van der Waals surface area contributed by atoms with E-state index in [1.54, 1.807) is 17.5 Å². The van der Waals surface area contributed by atoms with Crippen molar-refractivity contribution >= 4 is 29.1 Å². The van der Waals surface area contributed by atoms with Crippen molar-refractivity contribution in [2.75, 3.05) is 12.9 Å². The van der Waals surface area contributed by atoms with Crippen LogP contribution in [0.15, 0.2) is 28.7 Å². The van der Waals surface area contributed by atoms with Crippen LogP contribution in [0.4, 0.5) is 13.2 Å². The number of carbonyl (C=O) groups is 1. The molecule has 0 spiro atoms. The van der Waals surface area contributed by atoms with E-state index >= 15 is 0 Å². The van der Waals surface area contributed by atoms with Crippen LogP contribution in [-0.2, 0) is 15.7 Å². The number of hydrogen-bond donors (Lipinski definition) is 0. The SMILES string of the molecule is COC(=O)CSc1nc(-c2cccs2)cc(C(F)(F)F)n1. The third-order valence-electron chi connectivity index (χ3n) is 2.32. The molecule has 2 heterocycles. The summed E-state index contributed by atoms with van der Waals surface area (Å²) < 4.78 is 43.0. The number of ether oxygens (including phenoxy) is 1. The zero-order valence-corrected chi connectivity index (χ0v) is 12.3. The summed E-state index contributed by atoms with van der Waals surface area (Å²) in [6.07, 6.45) is -4.57. The minimum atomic E-state index is -4.57. The summed E-state index contributed by atoms with van der Waals surface area (Å²) in [6.45, 7) is 0. The summed E-state index contributed by atoms with van der Waals surface area (Å²) in [5.74, 6) is -0.708. The van der Waals surface area contributed by atoms with Crippen LogP contribution in [0.5, 0.6) is 0 Å². The molecule has 0 saturated carbocycles. The largest absolute Gasteiger partial charge is 0.468 e. The first kappa shape index (κ1) is 15.8. The molecule has 112 valence electrons. The second-order valence-corrected chi connectivity index (χ2v) is 5.65. The van der Waals surface area contributed by atoms with E-state index in [4.69, 9.17) is 0 Å². The van der Waals surface area contributed by atoms with Gasteiger partial charge < -0.3 is 4.74 Å². The maximum Gasteiger partial charge on any atom is 0.433 e. The molecule has 0 aliphatic carbocycles. The maximum atomic E-state index is 12.9. The third kappa shape index (κ3) is 4.18. The Hall–Kier alpha value is -1.61. The molecule has 2 rings (SSSR count). The molecule has 0 N–H and O–H groups in total. The molecule has 2 aromatic heterocycles. The zero-order chi connectivity index (χ0) is 15.5. The molecular weight excluding hydrogens is 325 g/mol. The fourth-order valence-corrected chi connectivity index (χ4v) is 2.74. The van der Waals surface area contributed by atoms with Gasteiger partial charge in [0.25, 0.3) is 0 Å². The van der Waals surface area contributed by atoms with Crippen LogP contribution in [0, 0.1) is 0 Å². The highest BCUT2D eigenvalue weighted by Gasteiger charge is 2.34. The van der Waals surface area contributed by atoms with Crippen LogP contribution in [-0.4, -0.2) is 28.8 Å². The molecule has 0 bridgehead atoms. The number of hydrogen-bond acceptors (Lipinski definition) is 6. The lowest BCUT2D eigenvalue weighted by Gasteiger charge is -2.09. The number of thiophene rings is 1. The summed E-state index contributed by atoms with van der Waals surface area (Å²) in [4.78, 5) is 19.2. The zero-order valence-electron chi connectivity index (χ0n) is 10.7. The summed E-state index contributed by atoms with van der Waals surface area (Å²) in [5, 5.41) is 1.63. The second kappa shape index (κ2) is 6.44. The van der Waals surface area contributed by atoms with Crippen LogP contribution >= 0.6 is 23.1 Å². The number of nitrogens with zero attached hydrogens (tertiary/aromatic N) is 2. The number of thioether (sulfide) groups is 1. The lowest BCUT2D eigenvalue weighted by Crippen LogP contribution is -2.11. The normalized spacial score (nSPS) is 11.4. The van der Waals surface area contributed by atoms with Gasteiger partial charge in [0.15, 0.2) is 5.16 Å². The first-order valence-corrected chi connectivity index (χ1v) is 7.46. The summed E-state index contributed by atoms with van der Waals surface area (Å²) in [6, 6.07) is 4.28. The number of carbonyl (C=O) groups excluding carboxylic acids is 1. The van der Waals surface area contributed by atoms with Gasteiger partial charge in [-0.25, -0.2) is 9.97 Å². The summed E-state index contributed by atoms with van der Waals surface area (Å²) in [5.41, 5.74) is -0.854. The number of methoxy groups -OCH3 is 1. The molecule has 9 heteroatoms. The van der Waals surface area contributed by atoms with E-state index in [0.717, 1.165) is 17.8 Å². The van der Waals surface area contributed by atoms with Gasteiger partial charge in [-0.3, -0.25) is 4.79 Å². The molecular formula is C12H9F3N2O2S2. The van der Waals surface area contributed by atoms with Crippen molar-refractivity contribution in [1.82, 2.24) is 9.97 Å². The Balaban J connectivity index is 2.36. The molecule has 21 heavy (non-hydrogen) atoms. The minimum Gasteiger partial charge on any atom is -0.468 e. The average molecular weight is 334 g/mol. The predicted octanol–water partition coefficient (Wildman–Crippen LogP) is 3.49. The van der Waals surface area contributed by atoms with Crippen LogP contribution in [0.1, 0.15) is 5.69 Å². The van der Waals surface area contributed by atoms with Gasteiger partial charge >= 0.3 is 12.1 Å². The van der Waals surface area contributed by atoms with E-state index in [9.17, 15) is 18.0 Å². The van der Waals surface area contributed by atoms with Gasteiger partial charge in [-0.15, -0.1) is 11.3 Å². The van der Waals surface area contributed by atoms with Gasteiger partial charge in [-0.1, -0.05) is 17.8 Å². The first-order valence-electron chi connectivity index (χ1n) is 5.60. The Morgan fingerprint density at radius 3 is 2.76 bits per heavy atom. The number of aromatic nitrogens is 2. The smallest absolute Gasteiger partial charge is 0.433 e. The van der Waals surface area contributed by atoms with Crippen molar-refractivity contribution in [3.05, 3.63) is 29.3 Å². The van der Waals surface area contributed by atoms with Crippen molar-refractivity contribution in [3.8, 4) is 10.6 Å². The molecule has 0 radical (unpaired) electrons. The van der Waals surface area contributed by atoms with E-state index in [1.165, 1.54) is 18.4 Å². The highest BCUT2D eigenvalue weighted by atomic mass is 32.2. The van der Waals surface area contributed by atoms with Crippen LogP contribution in [0.3, 0.4) is 0 Å². The Bertz CT molecular complexity index is 630. The minimum absolute atomic E-state index is 0.112. The monoisotopic (exact) mass is 334 g/mol. The van der Waals surface area contributed by atoms with Crippen LogP contribution in [0.25, 0.3) is 10.6 Å². The fourth-order valence-electron chi connectivity index (χ4n) is 1.37. The second-order valence-electron chi connectivity index (χ2n) is 3.76. The maximum absolute atomic E-state index is 12.9. The molecule has 0 aliphatic rings. The van der Waals surface area contributed by atoms with Crippen LogP contribution in [0.2, 0.25) is 0 Å². The highest BCUT2D eigenvalue weighted by Crippen LogP contribution is 2.33. The van der Waals surface area contributed by atoms with E-state index < -0.39 is 17.8 Å². The van der Waals surface area contributed by atoms with Gasteiger partial charge in [0.05, 0.1) is 23.4 Å². The number of esters is 1. The van der Waals surface area contributed by atoms with E-state index in [2.05, 4.69) is 14.7 Å². The Morgan fingerprint density at radius 2 is 2.19 bits per heavy atom. The van der Waals surface area contributed by atoms with Gasteiger partial charge in [-0.05, 0) is 17.5 Å². The van der Waals surface area contributed by atoms with E-state index in [0.29, 0.717) is 4.88 Å². The molecule has 4 nitrogen and oxygen atoms in total. The molecule has 2 aromatic rings. The lowest BCUT2D eigenvalue weighted by atomic mass is 10.3. The van der Waals surface area contributed by atoms with Crippen molar-refractivity contribution in [3.63, 3.8) is 0 Å². The molecule has 0 fully saturated rings. The number of rotatable bonds is 4. The van der Waals surface area contributed by atoms with Crippen molar-refractivity contribution in [2.24, 2.45) is 0 Å².